The molecule has 9 unspecified atom stereocenters. The summed E-state index contributed by atoms with van der Waals surface area (Å²) in [5, 5.41) is 0. The lowest BCUT2D eigenvalue weighted by molar-refractivity contribution is -0.372. The van der Waals surface area contributed by atoms with Crippen LogP contribution in [0.25, 0.3) is 0 Å². The molecule has 0 aromatic carbocycles. The molecule has 0 saturated carbocycles. The summed E-state index contributed by atoms with van der Waals surface area (Å²) in [5.74, 6) is -4.34. The molecule has 0 spiro atoms. The first-order chi connectivity index (χ1) is 28.3. The summed E-state index contributed by atoms with van der Waals surface area (Å²) in [6, 6.07) is 0. The molecule has 0 N–H and O–H groups in total. The second-order valence-corrected chi connectivity index (χ2v) is 16.8. The summed E-state index contributed by atoms with van der Waals surface area (Å²) < 4.78 is 74.7. The van der Waals surface area contributed by atoms with Gasteiger partial charge in [0.2, 0.25) is 6.29 Å². The number of hydrogen-bond acceptors (Lipinski definition) is 17. The molecule has 4 rings (SSSR count). The van der Waals surface area contributed by atoms with Gasteiger partial charge >= 0.3 is 29.8 Å². The first-order valence-corrected chi connectivity index (χ1v) is 21.7. The minimum Gasteiger partial charge on any atom is -0.457 e. The van der Waals surface area contributed by atoms with E-state index in [4.69, 9.17) is 56.8 Å². The lowest BCUT2D eigenvalue weighted by Gasteiger charge is -2.51. The van der Waals surface area contributed by atoms with Crippen LogP contribution in [-0.4, -0.2) is 122 Å². The molecule has 4 heterocycles. The quantitative estimate of drug-likeness (QED) is 0.155. The van der Waals surface area contributed by atoms with Crippen molar-refractivity contribution in [3.8, 4) is 0 Å². The van der Waals surface area contributed by atoms with Crippen LogP contribution in [0.15, 0.2) is 0 Å². The summed E-state index contributed by atoms with van der Waals surface area (Å²) in [5.41, 5.74) is 0. The molecule has 0 radical (unpaired) electrons. The zero-order chi connectivity index (χ0) is 44.7. The van der Waals surface area contributed by atoms with Gasteiger partial charge in [-0.2, -0.15) is 0 Å². The molecule has 0 amide bonds. The van der Waals surface area contributed by atoms with E-state index in [0.717, 1.165) is 6.42 Å². The van der Waals surface area contributed by atoms with Crippen molar-refractivity contribution in [1.29, 1.82) is 0 Å². The Hall–Kier alpha value is -2.93. The Bertz CT molecular complexity index is 1460. The van der Waals surface area contributed by atoms with E-state index in [1.807, 2.05) is 48.5 Å². The molecule has 4 aliphatic heterocycles. The van der Waals surface area contributed by atoms with Crippen LogP contribution in [0.4, 0.5) is 0 Å². The van der Waals surface area contributed by atoms with Crippen LogP contribution >= 0.6 is 0 Å². The van der Waals surface area contributed by atoms with E-state index in [-0.39, 0.29) is 17.9 Å². The number of hydrogen-bond donors (Lipinski definition) is 0. The van der Waals surface area contributed by atoms with Gasteiger partial charge in [0.25, 0.3) is 0 Å². The van der Waals surface area contributed by atoms with Gasteiger partial charge in [-0.05, 0) is 31.6 Å². The molecular weight excluding hydrogens is 788 g/mol. The number of ether oxygens (including phenoxy) is 12. The van der Waals surface area contributed by atoms with Crippen LogP contribution in [0, 0.1) is 29.6 Å². The van der Waals surface area contributed by atoms with Crippen molar-refractivity contribution >= 4 is 29.8 Å². The highest BCUT2D eigenvalue weighted by molar-refractivity contribution is 5.68. The van der Waals surface area contributed by atoms with E-state index >= 15 is 0 Å². The zero-order valence-electron chi connectivity index (χ0n) is 37.8. The molecular formula is C43H70O17. The van der Waals surface area contributed by atoms with Gasteiger partial charge in [0, 0.05) is 58.3 Å². The van der Waals surface area contributed by atoms with E-state index in [1.165, 1.54) is 34.6 Å². The third-order valence-electron chi connectivity index (χ3n) is 12.4. The molecule has 4 aliphatic rings. The molecule has 0 aliphatic carbocycles. The fourth-order valence-electron chi connectivity index (χ4n) is 9.12. The number of esters is 5. The van der Waals surface area contributed by atoms with Crippen LogP contribution in [0.2, 0.25) is 0 Å². The first-order valence-electron chi connectivity index (χ1n) is 21.7. The van der Waals surface area contributed by atoms with Crippen molar-refractivity contribution in [1.82, 2.24) is 0 Å². The van der Waals surface area contributed by atoms with Crippen LogP contribution in [-0.2, 0) is 80.8 Å². The highest BCUT2D eigenvalue weighted by atomic mass is 16.8. The number of carbonyl (C=O) groups is 5. The molecule has 20 atom stereocenters. The van der Waals surface area contributed by atoms with Crippen molar-refractivity contribution in [3.05, 3.63) is 0 Å². The Labute approximate surface area is 354 Å². The molecule has 0 aromatic heterocycles. The maximum Gasteiger partial charge on any atom is 0.305 e. The lowest BCUT2D eigenvalue weighted by Crippen LogP contribution is -2.63. The first kappa shape index (κ1) is 49.7. The van der Waals surface area contributed by atoms with Gasteiger partial charge in [-0.25, -0.2) is 0 Å². The van der Waals surface area contributed by atoms with Crippen molar-refractivity contribution in [3.63, 3.8) is 0 Å². The normalized spacial score (nSPS) is 42.0. The van der Waals surface area contributed by atoms with Crippen LogP contribution in [0.5, 0.6) is 0 Å². The molecule has 17 nitrogen and oxygen atoms in total. The van der Waals surface area contributed by atoms with Crippen molar-refractivity contribution in [2.45, 2.75) is 215 Å². The fraction of sp³-hybridized carbons (Fsp3) is 0.884. The molecule has 0 aromatic rings. The third-order valence-corrected chi connectivity index (χ3v) is 12.4. The van der Waals surface area contributed by atoms with Crippen LogP contribution in [0.3, 0.4) is 0 Å². The van der Waals surface area contributed by atoms with E-state index in [2.05, 4.69) is 6.92 Å². The summed E-state index contributed by atoms with van der Waals surface area (Å²) >= 11 is 0. The standard InChI is InChI=1S/C43H70O17/c1-15-29-19(5)20(6)36(49-24(10)44)41(54-29)58-34-22(8)38(51-26(12)46)43(56-31(34)17-3)60-35-23(9)39(52-27(13)47)42(57-32(35)18-4)59-33-21(7)37(50-25(11)45)40(53-28(14)48)55-30(33)16-2/h19-23,29-43H,15-18H2,1-14H3/t19-,20-,21-,22-,23-,29?,30?,31?,32?,33-,34-,35-,36?,37?,38?,39?,40?,41-,42-,43-/m0/s1. The molecule has 4 fully saturated rings. The maximum absolute atomic E-state index is 12.7. The summed E-state index contributed by atoms with van der Waals surface area (Å²) in [4.78, 5) is 61.7. The second kappa shape index (κ2) is 21.9. The molecule has 0 bridgehead atoms. The van der Waals surface area contributed by atoms with Gasteiger partial charge < -0.3 is 56.8 Å². The van der Waals surface area contributed by atoms with Crippen LogP contribution < -0.4 is 0 Å². The number of rotatable bonds is 15. The Morgan fingerprint density at radius 3 is 0.867 bits per heavy atom. The van der Waals surface area contributed by atoms with E-state index in [1.54, 1.807) is 6.92 Å². The lowest BCUT2D eigenvalue weighted by atomic mass is 9.82. The SMILES string of the molecule is CCC1O[C@@H](O[C@@H]2C(CC)O[C@@H](O[C@@H]3C(CC)O[C@@H](O[C@@H]4C(CC)OC(OC(C)=O)C(OC(C)=O)[C@H]4C)C(OC(C)=O)[C@H]3C)C(OC(C)=O)[C@H]2C)C(OC(C)=O)[C@@H](C)[C@@H]1C. The van der Waals surface area contributed by atoms with Crippen LogP contribution in [0.1, 0.15) is 123 Å². The van der Waals surface area contributed by atoms with Gasteiger partial charge in [0.1, 0.15) is 0 Å². The van der Waals surface area contributed by atoms with Crippen molar-refractivity contribution < 1.29 is 80.8 Å². The predicted octanol–water partition coefficient (Wildman–Crippen LogP) is 5.15. The average molecular weight is 859 g/mol. The number of carbonyl (C=O) groups excluding carboxylic acids is 5. The van der Waals surface area contributed by atoms with Gasteiger partial charge in [-0.1, -0.05) is 62.3 Å². The van der Waals surface area contributed by atoms with Crippen molar-refractivity contribution in [2.24, 2.45) is 29.6 Å². The Balaban J connectivity index is 1.62. The summed E-state index contributed by atoms with van der Waals surface area (Å²) in [6.07, 6.45) is -9.89. The molecule has 4 saturated heterocycles. The van der Waals surface area contributed by atoms with Gasteiger partial charge in [0.15, 0.2) is 43.3 Å². The monoisotopic (exact) mass is 858 g/mol. The van der Waals surface area contributed by atoms with E-state index in [0.29, 0.717) is 19.3 Å². The average Bonchev–Trinajstić information content (AvgIpc) is 3.17. The van der Waals surface area contributed by atoms with Gasteiger partial charge in [-0.3, -0.25) is 24.0 Å². The van der Waals surface area contributed by atoms with E-state index < -0.39 is 134 Å². The van der Waals surface area contributed by atoms with Gasteiger partial charge in [0.05, 0.1) is 42.7 Å². The second-order valence-electron chi connectivity index (χ2n) is 16.8. The predicted molar refractivity (Wildman–Crippen MR) is 210 cm³/mol. The Morgan fingerprint density at radius 2 is 0.583 bits per heavy atom. The molecule has 344 valence electrons. The Morgan fingerprint density at radius 1 is 0.333 bits per heavy atom. The largest absolute Gasteiger partial charge is 0.457 e. The fourth-order valence-corrected chi connectivity index (χ4v) is 9.12. The third kappa shape index (κ3) is 11.7. The molecule has 60 heavy (non-hydrogen) atoms. The molecule has 17 heteroatoms. The highest BCUT2D eigenvalue weighted by Crippen LogP contribution is 2.42. The zero-order valence-corrected chi connectivity index (χ0v) is 37.8. The summed E-state index contributed by atoms with van der Waals surface area (Å²) in [6.45, 7) is 23.9. The van der Waals surface area contributed by atoms with E-state index in [9.17, 15) is 24.0 Å². The van der Waals surface area contributed by atoms with Crippen molar-refractivity contribution in [2.75, 3.05) is 0 Å². The highest BCUT2D eigenvalue weighted by Gasteiger charge is 2.56. The Kier molecular flexibility index (Phi) is 18.2. The topological polar surface area (TPSA) is 196 Å². The minimum atomic E-state index is -1.16. The minimum absolute atomic E-state index is 0.0655. The smallest absolute Gasteiger partial charge is 0.305 e. The summed E-state index contributed by atoms with van der Waals surface area (Å²) in [7, 11) is 0. The maximum atomic E-state index is 12.7. The van der Waals surface area contributed by atoms with Gasteiger partial charge in [-0.15, -0.1) is 0 Å².